The van der Waals surface area contributed by atoms with Crippen LogP contribution in [-0.4, -0.2) is 10.4 Å². The van der Waals surface area contributed by atoms with Crippen LogP contribution in [0.2, 0.25) is 0 Å². The lowest BCUT2D eigenvalue weighted by molar-refractivity contribution is 0.597. The van der Waals surface area contributed by atoms with E-state index in [4.69, 9.17) is 11.1 Å². The fourth-order valence-electron chi connectivity index (χ4n) is 2.37. The van der Waals surface area contributed by atoms with Gasteiger partial charge in [-0.25, -0.2) is 4.39 Å². The van der Waals surface area contributed by atoms with Crippen LogP contribution in [0.25, 0.3) is 12.7 Å². The van der Waals surface area contributed by atoms with Crippen molar-refractivity contribution in [1.29, 1.82) is 5.41 Å². The predicted octanol–water partition coefficient (Wildman–Crippen LogP) is 2.75. The van der Waals surface area contributed by atoms with Crippen LogP contribution < -0.4 is 16.3 Å². The lowest BCUT2D eigenvalue weighted by Crippen LogP contribution is -2.28. The highest BCUT2D eigenvalue weighted by Gasteiger charge is 2.06. The van der Waals surface area contributed by atoms with Crippen LogP contribution in [0.3, 0.4) is 0 Å². The van der Waals surface area contributed by atoms with Crippen molar-refractivity contribution in [1.82, 2.24) is 4.57 Å². The molecule has 0 spiro atoms. The molecular formula is C20H24FN3. The van der Waals surface area contributed by atoms with Crippen molar-refractivity contribution in [2.45, 2.75) is 26.8 Å². The molecule has 3 nitrogen and oxygen atoms in total. The van der Waals surface area contributed by atoms with E-state index in [0.29, 0.717) is 23.6 Å². The van der Waals surface area contributed by atoms with Crippen LogP contribution in [0.15, 0.2) is 42.6 Å². The Morgan fingerprint density at radius 3 is 2.79 bits per heavy atom. The first-order valence-electron chi connectivity index (χ1n) is 8.07. The Bertz CT molecular complexity index is 861. The van der Waals surface area contributed by atoms with Crippen molar-refractivity contribution in [2.24, 2.45) is 11.7 Å². The molecule has 2 rings (SSSR count). The van der Waals surface area contributed by atoms with Crippen molar-refractivity contribution in [3.05, 3.63) is 70.1 Å². The topological polar surface area (TPSA) is 54.8 Å². The van der Waals surface area contributed by atoms with Crippen LogP contribution in [0.4, 0.5) is 4.39 Å². The number of benzene rings is 1. The maximum Gasteiger partial charge on any atom is 0.128 e. The number of halogens is 1. The van der Waals surface area contributed by atoms with Gasteiger partial charge in [0.2, 0.25) is 0 Å². The summed E-state index contributed by atoms with van der Waals surface area (Å²) in [7, 11) is 0. The molecule has 0 saturated heterocycles. The highest BCUT2D eigenvalue weighted by atomic mass is 19.1. The monoisotopic (exact) mass is 325 g/mol. The molecule has 1 heterocycles. The number of nitrogen functional groups attached to an aromatic ring is 1. The van der Waals surface area contributed by atoms with E-state index in [0.717, 1.165) is 17.0 Å². The smallest absolute Gasteiger partial charge is 0.128 e. The van der Waals surface area contributed by atoms with Gasteiger partial charge in [-0.2, -0.15) is 0 Å². The first-order chi connectivity index (χ1) is 11.4. The van der Waals surface area contributed by atoms with E-state index >= 15 is 0 Å². The van der Waals surface area contributed by atoms with Gasteiger partial charge in [0.05, 0.1) is 6.54 Å². The summed E-state index contributed by atoms with van der Waals surface area (Å²) >= 11 is 0. The minimum atomic E-state index is -0.358. The van der Waals surface area contributed by atoms with Crippen LogP contribution in [-0.2, 0) is 6.54 Å². The molecule has 3 N–H and O–H groups in total. The van der Waals surface area contributed by atoms with Gasteiger partial charge in [-0.05, 0) is 29.3 Å². The fourth-order valence-corrected chi connectivity index (χ4v) is 2.37. The molecular weight excluding hydrogens is 301 g/mol. The molecule has 1 unspecified atom stereocenters. The Labute approximate surface area is 142 Å². The van der Waals surface area contributed by atoms with E-state index in [9.17, 15) is 4.39 Å². The molecule has 0 amide bonds. The normalized spacial score (nSPS) is 13.5. The molecule has 0 bridgehead atoms. The quantitative estimate of drug-likeness (QED) is 0.623. The summed E-state index contributed by atoms with van der Waals surface area (Å²) in [4.78, 5) is 0. The highest BCUT2D eigenvalue weighted by Crippen LogP contribution is 2.11. The lowest BCUT2D eigenvalue weighted by atomic mass is 10.1. The molecule has 24 heavy (non-hydrogen) atoms. The SMILES string of the molecule is C=c1ccn(Cc2ccc(C(=N)N)cc2F)/c1=C/C=C\C(C)CC. The summed E-state index contributed by atoms with van der Waals surface area (Å²) in [5.74, 6) is 0.0308. The van der Waals surface area contributed by atoms with Gasteiger partial charge in [-0.15, -0.1) is 0 Å². The largest absolute Gasteiger partial charge is 0.384 e. The molecule has 1 aromatic carbocycles. The Morgan fingerprint density at radius 2 is 2.17 bits per heavy atom. The van der Waals surface area contributed by atoms with E-state index in [2.05, 4.69) is 26.5 Å². The van der Waals surface area contributed by atoms with E-state index in [1.807, 2.05) is 29.0 Å². The molecule has 0 saturated carbocycles. The van der Waals surface area contributed by atoms with Crippen molar-refractivity contribution in [3.8, 4) is 0 Å². The predicted molar refractivity (Wildman–Crippen MR) is 98.8 cm³/mol. The number of amidine groups is 1. The second kappa shape index (κ2) is 7.77. The van der Waals surface area contributed by atoms with Gasteiger partial charge in [0.15, 0.2) is 0 Å². The van der Waals surface area contributed by atoms with E-state index in [1.165, 1.54) is 6.07 Å². The summed E-state index contributed by atoms with van der Waals surface area (Å²) in [5, 5.41) is 9.24. The van der Waals surface area contributed by atoms with Gasteiger partial charge in [-0.1, -0.05) is 51.1 Å². The van der Waals surface area contributed by atoms with Crippen LogP contribution in [0, 0.1) is 17.1 Å². The average Bonchev–Trinajstić information content (AvgIpc) is 2.89. The molecule has 0 aliphatic carbocycles. The Hall–Kier alpha value is -2.62. The Balaban J connectivity index is 2.32. The van der Waals surface area contributed by atoms with Gasteiger partial charge in [0.25, 0.3) is 0 Å². The van der Waals surface area contributed by atoms with E-state index in [1.54, 1.807) is 12.1 Å². The third kappa shape index (κ3) is 4.22. The van der Waals surface area contributed by atoms with Crippen molar-refractivity contribution in [3.63, 3.8) is 0 Å². The first kappa shape index (κ1) is 17.7. The number of nitrogens with zero attached hydrogens (tertiary/aromatic N) is 1. The number of nitrogens with one attached hydrogen (secondary N) is 1. The maximum absolute atomic E-state index is 14.2. The van der Waals surface area contributed by atoms with E-state index < -0.39 is 0 Å². The van der Waals surface area contributed by atoms with Gasteiger partial charge in [0, 0.05) is 22.7 Å². The molecule has 2 aromatic rings. The van der Waals surface area contributed by atoms with Gasteiger partial charge in [-0.3, -0.25) is 5.41 Å². The molecule has 0 aliphatic rings. The summed E-state index contributed by atoms with van der Waals surface area (Å²) < 4.78 is 16.2. The van der Waals surface area contributed by atoms with E-state index in [-0.39, 0.29) is 11.7 Å². The summed E-state index contributed by atoms with van der Waals surface area (Å²) in [6.07, 6.45) is 9.19. The molecule has 1 aromatic heterocycles. The first-order valence-corrected chi connectivity index (χ1v) is 8.07. The number of rotatable bonds is 6. The molecule has 0 aliphatic heterocycles. The fraction of sp³-hybridized carbons (Fsp3) is 0.250. The highest BCUT2D eigenvalue weighted by molar-refractivity contribution is 5.94. The third-order valence-electron chi connectivity index (χ3n) is 4.14. The van der Waals surface area contributed by atoms with Crippen molar-refractivity contribution < 1.29 is 4.39 Å². The molecule has 4 heteroatoms. The zero-order valence-electron chi connectivity index (χ0n) is 14.2. The number of allylic oxidation sites excluding steroid dienone is 2. The minimum absolute atomic E-state index is 0.134. The number of aromatic nitrogens is 1. The second-order valence-electron chi connectivity index (χ2n) is 6.01. The van der Waals surface area contributed by atoms with Crippen LogP contribution in [0.1, 0.15) is 31.4 Å². The Kier molecular flexibility index (Phi) is 5.74. The zero-order chi connectivity index (χ0) is 17.7. The Morgan fingerprint density at radius 1 is 1.42 bits per heavy atom. The van der Waals surface area contributed by atoms with Crippen molar-refractivity contribution in [2.75, 3.05) is 0 Å². The van der Waals surface area contributed by atoms with Gasteiger partial charge in [0.1, 0.15) is 11.7 Å². The zero-order valence-corrected chi connectivity index (χ0v) is 14.2. The lowest BCUT2D eigenvalue weighted by Gasteiger charge is -2.07. The van der Waals surface area contributed by atoms with Gasteiger partial charge >= 0.3 is 0 Å². The molecule has 0 fully saturated rings. The minimum Gasteiger partial charge on any atom is -0.384 e. The third-order valence-corrected chi connectivity index (χ3v) is 4.14. The van der Waals surface area contributed by atoms with Gasteiger partial charge < -0.3 is 10.3 Å². The van der Waals surface area contributed by atoms with Crippen molar-refractivity contribution >= 4 is 18.5 Å². The standard InChI is InChI=1S/C20H24FN3/c1-4-14(2)6-5-7-19-15(3)10-11-24(19)13-17-9-8-16(20(22)23)12-18(17)21/h5-12,14H,3-4,13H2,1-2H3,(H3,22,23)/b6-5-,19-7+. The molecule has 0 radical (unpaired) electrons. The number of hydrogen-bond acceptors (Lipinski definition) is 1. The summed E-state index contributed by atoms with van der Waals surface area (Å²) in [6, 6.07) is 6.57. The maximum atomic E-state index is 14.2. The summed E-state index contributed by atoms with van der Waals surface area (Å²) in [6.45, 7) is 8.76. The summed E-state index contributed by atoms with van der Waals surface area (Å²) in [5.41, 5.74) is 6.34. The van der Waals surface area contributed by atoms with Crippen LogP contribution >= 0.6 is 0 Å². The van der Waals surface area contributed by atoms with Crippen LogP contribution in [0.5, 0.6) is 0 Å². The number of nitrogens with two attached hydrogens (primary N) is 1. The second-order valence-corrected chi connectivity index (χ2v) is 6.01. The average molecular weight is 325 g/mol. The molecule has 126 valence electrons. The number of hydrogen-bond donors (Lipinski definition) is 2. The molecule has 1 atom stereocenters.